The van der Waals surface area contributed by atoms with Crippen LogP contribution < -0.4 is 10.6 Å². The maximum Gasteiger partial charge on any atom is 0.408 e. The van der Waals surface area contributed by atoms with Gasteiger partial charge in [0.1, 0.15) is 17.7 Å². The molecule has 0 spiro atoms. The molecule has 3 amide bonds. The summed E-state index contributed by atoms with van der Waals surface area (Å²) >= 11 is 6.39. The Morgan fingerprint density at radius 2 is 1.68 bits per heavy atom. The smallest absolute Gasteiger partial charge is 0.408 e. The van der Waals surface area contributed by atoms with E-state index < -0.39 is 23.8 Å². The number of aryl methyl sites for hydroxylation is 1. The van der Waals surface area contributed by atoms with E-state index in [1.807, 2.05) is 70.2 Å². The van der Waals surface area contributed by atoms with Crippen LogP contribution in [-0.2, 0) is 14.3 Å². The van der Waals surface area contributed by atoms with Crippen molar-refractivity contribution in [2.45, 2.75) is 79.0 Å². The second-order valence-electron chi connectivity index (χ2n) is 10.6. The van der Waals surface area contributed by atoms with Gasteiger partial charge in [0, 0.05) is 6.54 Å². The first kappa shape index (κ1) is 30.2. The molecule has 2 aromatic rings. The van der Waals surface area contributed by atoms with Crippen molar-refractivity contribution < 1.29 is 19.1 Å². The number of hydrogen-bond donors (Lipinski definition) is 2. The molecule has 0 heterocycles. The summed E-state index contributed by atoms with van der Waals surface area (Å²) < 4.78 is 5.42. The monoisotopic (exact) mass is 529 g/mol. The summed E-state index contributed by atoms with van der Waals surface area (Å²) in [7, 11) is 0. The number of nitrogens with zero attached hydrogens (tertiary/aromatic N) is 1. The molecule has 2 unspecified atom stereocenters. The Balaban J connectivity index is 2.49. The van der Waals surface area contributed by atoms with Gasteiger partial charge in [-0.1, -0.05) is 74.8 Å². The zero-order valence-electron chi connectivity index (χ0n) is 22.9. The lowest BCUT2D eigenvalue weighted by Crippen LogP contribution is -2.53. The largest absolute Gasteiger partial charge is 0.444 e. The molecule has 0 fully saturated rings. The Bertz CT molecular complexity index is 1050. The highest BCUT2D eigenvalue weighted by Crippen LogP contribution is 2.29. The number of nitrogens with one attached hydrogen (secondary N) is 2. The van der Waals surface area contributed by atoms with E-state index in [0.717, 1.165) is 5.56 Å². The molecule has 0 aromatic heterocycles. The molecule has 0 aliphatic heterocycles. The number of alkyl carbamates (subject to hydrolysis) is 1. The zero-order valence-corrected chi connectivity index (χ0v) is 23.7. The molecule has 2 atom stereocenters. The molecule has 0 radical (unpaired) electrons. The predicted molar refractivity (Wildman–Crippen MR) is 149 cm³/mol. The summed E-state index contributed by atoms with van der Waals surface area (Å²) in [5.41, 5.74) is 1.26. The van der Waals surface area contributed by atoms with Crippen LogP contribution in [0.2, 0.25) is 5.02 Å². The Hall–Kier alpha value is -3.06. The van der Waals surface area contributed by atoms with Crippen LogP contribution in [0.5, 0.6) is 0 Å². The van der Waals surface area contributed by atoms with Crippen molar-refractivity contribution in [2.24, 2.45) is 5.92 Å². The van der Waals surface area contributed by atoms with Crippen molar-refractivity contribution in [3.8, 4) is 0 Å². The van der Waals surface area contributed by atoms with Crippen molar-refractivity contribution in [3.05, 3.63) is 64.7 Å². The van der Waals surface area contributed by atoms with Gasteiger partial charge in [0.05, 0.1) is 10.7 Å². The minimum absolute atomic E-state index is 0.113. The Kier molecular flexibility index (Phi) is 11.0. The van der Waals surface area contributed by atoms with Crippen LogP contribution in [0, 0.1) is 12.8 Å². The molecule has 0 aliphatic carbocycles. The fourth-order valence-corrected chi connectivity index (χ4v) is 4.31. The first-order valence-corrected chi connectivity index (χ1v) is 13.1. The van der Waals surface area contributed by atoms with Gasteiger partial charge in [-0.05, 0) is 63.6 Å². The van der Waals surface area contributed by atoms with Gasteiger partial charge in [-0.25, -0.2) is 4.79 Å². The van der Waals surface area contributed by atoms with Gasteiger partial charge < -0.3 is 20.3 Å². The summed E-state index contributed by atoms with van der Waals surface area (Å²) in [6.07, 6.45) is 0.342. The van der Waals surface area contributed by atoms with Gasteiger partial charge in [0.2, 0.25) is 5.91 Å². The number of hydrogen-bond acceptors (Lipinski definition) is 4. The van der Waals surface area contributed by atoms with E-state index in [9.17, 15) is 14.4 Å². The second-order valence-corrected chi connectivity index (χ2v) is 11.0. The van der Waals surface area contributed by atoms with Gasteiger partial charge in [0.15, 0.2) is 0 Å². The SMILES string of the molecule is CCCN(C(=O)C(CC(C)C)NC(=O)OC(C)(C)C)C(C(=O)Nc1c(C)cccc1Cl)c1ccccc1. The maximum absolute atomic E-state index is 14.0. The van der Waals surface area contributed by atoms with Crippen molar-refractivity contribution in [3.63, 3.8) is 0 Å². The third-order valence-corrected chi connectivity index (χ3v) is 5.90. The molecule has 0 aliphatic rings. The number of carbonyl (C=O) groups is 3. The summed E-state index contributed by atoms with van der Waals surface area (Å²) in [5, 5.41) is 6.11. The fraction of sp³-hybridized carbons (Fsp3) is 0.483. The number of para-hydroxylation sites is 1. The van der Waals surface area contributed by atoms with Crippen LogP contribution in [0.15, 0.2) is 48.5 Å². The summed E-state index contributed by atoms with van der Waals surface area (Å²) in [5.74, 6) is -0.617. The number of anilines is 1. The van der Waals surface area contributed by atoms with Gasteiger partial charge in [-0.3, -0.25) is 9.59 Å². The average molecular weight is 530 g/mol. The molecule has 2 aromatic carbocycles. The normalized spacial score (nSPS) is 13.0. The summed E-state index contributed by atoms with van der Waals surface area (Å²) in [4.78, 5) is 42.0. The molecule has 202 valence electrons. The van der Waals surface area contributed by atoms with Crippen LogP contribution in [0.4, 0.5) is 10.5 Å². The zero-order chi connectivity index (χ0) is 27.8. The van der Waals surface area contributed by atoms with E-state index in [2.05, 4.69) is 10.6 Å². The predicted octanol–water partition coefficient (Wildman–Crippen LogP) is 6.51. The average Bonchev–Trinajstić information content (AvgIpc) is 2.79. The first-order valence-electron chi connectivity index (χ1n) is 12.7. The Labute approximate surface area is 225 Å². The number of benzene rings is 2. The molecule has 8 heteroatoms. The quantitative estimate of drug-likeness (QED) is 0.367. The molecule has 0 bridgehead atoms. The fourth-order valence-electron chi connectivity index (χ4n) is 4.04. The molecule has 0 saturated carbocycles. The van der Waals surface area contributed by atoms with E-state index >= 15 is 0 Å². The molecular formula is C29H40ClN3O4. The lowest BCUT2D eigenvalue weighted by atomic mass is 9.99. The van der Waals surface area contributed by atoms with Gasteiger partial charge >= 0.3 is 6.09 Å². The highest BCUT2D eigenvalue weighted by molar-refractivity contribution is 6.34. The van der Waals surface area contributed by atoms with Crippen molar-refractivity contribution in [1.29, 1.82) is 0 Å². The second kappa shape index (κ2) is 13.5. The van der Waals surface area contributed by atoms with Crippen LogP contribution in [0.3, 0.4) is 0 Å². The minimum atomic E-state index is -0.931. The lowest BCUT2D eigenvalue weighted by molar-refractivity contribution is -0.141. The van der Waals surface area contributed by atoms with Crippen LogP contribution in [0.1, 0.15) is 71.6 Å². The highest BCUT2D eigenvalue weighted by Gasteiger charge is 2.36. The number of rotatable bonds is 10. The summed E-state index contributed by atoms with van der Waals surface area (Å²) in [6, 6.07) is 12.7. The highest BCUT2D eigenvalue weighted by atomic mass is 35.5. The molecular weight excluding hydrogens is 490 g/mol. The maximum atomic E-state index is 14.0. The molecule has 37 heavy (non-hydrogen) atoms. The first-order chi connectivity index (χ1) is 17.3. The van der Waals surface area contributed by atoms with E-state index in [-0.39, 0.29) is 17.7 Å². The topological polar surface area (TPSA) is 87.7 Å². The van der Waals surface area contributed by atoms with E-state index in [4.69, 9.17) is 16.3 Å². The molecule has 0 saturated heterocycles. The van der Waals surface area contributed by atoms with E-state index in [1.165, 1.54) is 0 Å². The third-order valence-electron chi connectivity index (χ3n) is 5.59. The number of carbonyl (C=O) groups excluding carboxylic acids is 3. The van der Waals surface area contributed by atoms with E-state index in [1.54, 1.807) is 31.7 Å². The van der Waals surface area contributed by atoms with Crippen molar-refractivity contribution in [2.75, 3.05) is 11.9 Å². The van der Waals surface area contributed by atoms with Gasteiger partial charge in [0.25, 0.3) is 5.91 Å². The lowest BCUT2D eigenvalue weighted by Gasteiger charge is -2.35. The molecule has 7 nitrogen and oxygen atoms in total. The van der Waals surface area contributed by atoms with E-state index in [0.29, 0.717) is 35.7 Å². The van der Waals surface area contributed by atoms with Crippen LogP contribution >= 0.6 is 11.6 Å². The third kappa shape index (κ3) is 9.08. The standard InChI is InChI=1S/C29H40ClN3O4/c1-8-17-33(27(35)23(18-19(2)3)31-28(36)37-29(5,6)7)25(21-14-10-9-11-15-21)26(34)32-24-20(4)13-12-16-22(24)30/h9-16,19,23,25H,8,17-18H2,1-7H3,(H,31,36)(H,32,34). The number of halogens is 1. The van der Waals surface area contributed by atoms with Gasteiger partial charge in [-0.2, -0.15) is 0 Å². The molecule has 2 rings (SSSR count). The number of ether oxygens (including phenoxy) is 1. The van der Waals surface area contributed by atoms with Crippen LogP contribution in [-0.4, -0.2) is 41.0 Å². The van der Waals surface area contributed by atoms with Crippen molar-refractivity contribution >= 4 is 35.2 Å². The van der Waals surface area contributed by atoms with Gasteiger partial charge in [-0.15, -0.1) is 0 Å². The Morgan fingerprint density at radius 1 is 1.03 bits per heavy atom. The van der Waals surface area contributed by atoms with Crippen LogP contribution in [0.25, 0.3) is 0 Å². The molecule has 2 N–H and O–H groups in total. The Morgan fingerprint density at radius 3 is 2.22 bits per heavy atom. The number of amides is 3. The summed E-state index contributed by atoms with van der Waals surface area (Å²) in [6.45, 7) is 13.4. The minimum Gasteiger partial charge on any atom is -0.444 e. The van der Waals surface area contributed by atoms with Crippen molar-refractivity contribution in [1.82, 2.24) is 10.2 Å².